The molecular formula is C10H17ClN2O. The van der Waals surface area contributed by atoms with Crippen LogP contribution in [-0.2, 0) is 0 Å². The molecule has 0 aromatic rings. The number of alkyl halides is 1. The molecule has 2 rings (SSSR count). The summed E-state index contributed by atoms with van der Waals surface area (Å²) in [5.41, 5.74) is 0. The van der Waals surface area contributed by atoms with Gasteiger partial charge < -0.3 is 10.2 Å². The first kappa shape index (κ1) is 10.1. The molecule has 1 N–H and O–H groups in total. The Kier molecular flexibility index (Phi) is 2.60. The molecule has 4 heteroatoms. The third kappa shape index (κ3) is 1.70. The van der Waals surface area contributed by atoms with Crippen LogP contribution in [-0.4, -0.2) is 36.4 Å². The molecular weight excluding hydrogens is 200 g/mol. The number of carbonyl (C=O) groups excluding carboxylic acids is 1. The second kappa shape index (κ2) is 3.61. The van der Waals surface area contributed by atoms with E-state index in [9.17, 15) is 4.79 Å². The number of amides is 2. The highest BCUT2D eigenvalue weighted by Crippen LogP contribution is 2.47. The summed E-state index contributed by atoms with van der Waals surface area (Å²) >= 11 is 6.20. The number of urea groups is 1. The summed E-state index contributed by atoms with van der Waals surface area (Å²) in [7, 11) is 3.53. The summed E-state index contributed by atoms with van der Waals surface area (Å²) in [5, 5.41) is 3.32. The molecule has 14 heavy (non-hydrogen) atoms. The van der Waals surface area contributed by atoms with E-state index in [0.717, 1.165) is 18.8 Å². The molecule has 0 spiro atoms. The van der Waals surface area contributed by atoms with E-state index in [-0.39, 0.29) is 11.4 Å². The largest absolute Gasteiger partial charge is 0.335 e. The van der Waals surface area contributed by atoms with Crippen LogP contribution >= 0.6 is 11.6 Å². The number of halogens is 1. The lowest BCUT2D eigenvalue weighted by Gasteiger charge is -2.27. The Bertz CT molecular complexity index is 244. The van der Waals surface area contributed by atoms with Gasteiger partial charge in [0.25, 0.3) is 0 Å². The van der Waals surface area contributed by atoms with Crippen molar-refractivity contribution in [2.45, 2.75) is 30.7 Å². The predicted octanol–water partition coefficient (Wildman–Crippen LogP) is 1.66. The molecule has 0 saturated heterocycles. The maximum absolute atomic E-state index is 11.5. The fourth-order valence-corrected chi connectivity index (χ4v) is 3.25. The molecule has 2 fully saturated rings. The smallest absolute Gasteiger partial charge is 0.317 e. The molecule has 2 saturated carbocycles. The van der Waals surface area contributed by atoms with Crippen molar-refractivity contribution in [1.29, 1.82) is 0 Å². The third-order valence-corrected chi connectivity index (χ3v) is 3.95. The van der Waals surface area contributed by atoms with Crippen molar-refractivity contribution in [3.8, 4) is 0 Å². The lowest BCUT2D eigenvalue weighted by molar-refractivity contribution is 0.207. The van der Waals surface area contributed by atoms with Gasteiger partial charge in [-0.25, -0.2) is 4.79 Å². The number of carbonyl (C=O) groups is 1. The Morgan fingerprint density at radius 2 is 2.07 bits per heavy atom. The first-order valence-electron chi connectivity index (χ1n) is 5.20. The van der Waals surface area contributed by atoms with Crippen molar-refractivity contribution in [1.82, 2.24) is 10.2 Å². The van der Waals surface area contributed by atoms with Gasteiger partial charge in [-0.1, -0.05) is 0 Å². The fourth-order valence-electron chi connectivity index (χ4n) is 2.72. The van der Waals surface area contributed by atoms with E-state index in [1.807, 2.05) is 0 Å². The minimum atomic E-state index is 0.00594. The van der Waals surface area contributed by atoms with Crippen LogP contribution in [0, 0.1) is 11.8 Å². The van der Waals surface area contributed by atoms with E-state index in [4.69, 9.17) is 11.6 Å². The van der Waals surface area contributed by atoms with Gasteiger partial charge in [-0.3, -0.25) is 0 Å². The van der Waals surface area contributed by atoms with Gasteiger partial charge in [-0.2, -0.15) is 0 Å². The molecule has 0 aromatic heterocycles. The minimum Gasteiger partial charge on any atom is -0.335 e. The van der Waals surface area contributed by atoms with E-state index in [1.54, 1.807) is 19.0 Å². The van der Waals surface area contributed by atoms with Crippen LogP contribution in [0.1, 0.15) is 19.3 Å². The van der Waals surface area contributed by atoms with E-state index in [1.165, 1.54) is 6.42 Å². The van der Waals surface area contributed by atoms with Crippen molar-refractivity contribution in [3.63, 3.8) is 0 Å². The van der Waals surface area contributed by atoms with Crippen LogP contribution in [0.2, 0.25) is 0 Å². The quantitative estimate of drug-likeness (QED) is 0.665. The summed E-state index contributed by atoms with van der Waals surface area (Å²) in [4.78, 5) is 13.0. The summed E-state index contributed by atoms with van der Waals surface area (Å²) in [5.74, 6) is 1.25. The van der Waals surface area contributed by atoms with E-state index < -0.39 is 0 Å². The normalized spacial score (nSPS) is 39.9. The maximum atomic E-state index is 11.5. The summed E-state index contributed by atoms with van der Waals surface area (Å²) in [6, 6.07) is 0.317. The van der Waals surface area contributed by atoms with Crippen LogP contribution in [0.5, 0.6) is 0 Å². The summed E-state index contributed by atoms with van der Waals surface area (Å²) in [6.45, 7) is 0. The minimum absolute atomic E-state index is 0.00594. The Labute approximate surface area is 89.8 Å². The number of hydrogen-bond donors (Lipinski definition) is 1. The van der Waals surface area contributed by atoms with Crippen LogP contribution < -0.4 is 5.32 Å². The van der Waals surface area contributed by atoms with Gasteiger partial charge in [0.2, 0.25) is 0 Å². The zero-order valence-corrected chi connectivity index (χ0v) is 9.42. The molecule has 2 amide bonds. The van der Waals surface area contributed by atoms with Gasteiger partial charge in [0, 0.05) is 25.5 Å². The highest BCUT2D eigenvalue weighted by molar-refractivity contribution is 6.21. The highest BCUT2D eigenvalue weighted by Gasteiger charge is 2.45. The lowest BCUT2D eigenvalue weighted by Crippen LogP contribution is -2.45. The standard InChI is InChI=1S/C10H17ClN2O/c1-13(2)10(14)12-9-5-6-3-7(9)8(11)4-6/h6-9H,3-5H2,1-2H3,(H,12,14). The average molecular weight is 217 g/mol. The Hall–Kier alpha value is -0.440. The van der Waals surface area contributed by atoms with E-state index >= 15 is 0 Å². The second-order valence-corrected chi connectivity index (χ2v) is 5.26. The van der Waals surface area contributed by atoms with Crippen molar-refractivity contribution in [2.75, 3.05) is 14.1 Å². The predicted molar refractivity (Wildman–Crippen MR) is 56.5 cm³/mol. The molecule has 0 heterocycles. The second-order valence-electron chi connectivity index (χ2n) is 4.70. The number of nitrogens with one attached hydrogen (secondary N) is 1. The fraction of sp³-hybridized carbons (Fsp3) is 0.900. The Morgan fingerprint density at radius 3 is 2.57 bits per heavy atom. The Morgan fingerprint density at radius 1 is 1.36 bits per heavy atom. The first-order chi connectivity index (χ1) is 6.58. The summed E-state index contributed by atoms with van der Waals surface area (Å²) in [6.07, 6.45) is 3.46. The topological polar surface area (TPSA) is 32.3 Å². The third-order valence-electron chi connectivity index (χ3n) is 3.45. The molecule has 2 aliphatic carbocycles. The molecule has 4 atom stereocenters. The molecule has 0 aromatic carbocycles. The van der Waals surface area contributed by atoms with Crippen LogP contribution in [0.25, 0.3) is 0 Å². The van der Waals surface area contributed by atoms with Crippen molar-refractivity contribution < 1.29 is 4.79 Å². The van der Waals surface area contributed by atoms with Crippen LogP contribution in [0.3, 0.4) is 0 Å². The number of rotatable bonds is 1. The Balaban J connectivity index is 1.92. The van der Waals surface area contributed by atoms with Crippen LogP contribution in [0.4, 0.5) is 4.79 Å². The average Bonchev–Trinajstić information content (AvgIpc) is 2.61. The van der Waals surface area contributed by atoms with Gasteiger partial charge in [-0.15, -0.1) is 11.6 Å². The van der Waals surface area contributed by atoms with Gasteiger partial charge in [-0.05, 0) is 31.1 Å². The van der Waals surface area contributed by atoms with Crippen LogP contribution in [0.15, 0.2) is 0 Å². The maximum Gasteiger partial charge on any atom is 0.317 e. The van der Waals surface area contributed by atoms with Crippen molar-refractivity contribution in [2.24, 2.45) is 11.8 Å². The lowest BCUT2D eigenvalue weighted by atomic mass is 9.95. The van der Waals surface area contributed by atoms with E-state index in [0.29, 0.717) is 12.0 Å². The molecule has 0 aliphatic heterocycles. The molecule has 2 aliphatic rings. The molecule has 2 bridgehead atoms. The van der Waals surface area contributed by atoms with Gasteiger partial charge >= 0.3 is 6.03 Å². The van der Waals surface area contributed by atoms with E-state index in [2.05, 4.69) is 5.32 Å². The number of hydrogen-bond acceptors (Lipinski definition) is 1. The van der Waals surface area contributed by atoms with Gasteiger partial charge in [0.1, 0.15) is 0 Å². The molecule has 4 unspecified atom stereocenters. The zero-order valence-electron chi connectivity index (χ0n) is 8.66. The van der Waals surface area contributed by atoms with Crippen molar-refractivity contribution in [3.05, 3.63) is 0 Å². The monoisotopic (exact) mass is 216 g/mol. The number of nitrogens with zero attached hydrogens (tertiary/aromatic N) is 1. The summed E-state index contributed by atoms with van der Waals surface area (Å²) < 4.78 is 0. The SMILES string of the molecule is CN(C)C(=O)NC1CC2CC(Cl)C1C2. The van der Waals surface area contributed by atoms with Gasteiger partial charge in [0.05, 0.1) is 0 Å². The number of fused-ring (bicyclic) bond motifs is 2. The molecule has 80 valence electrons. The van der Waals surface area contributed by atoms with Crippen molar-refractivity contribution >= 4 is 17.6 Å². The first-order valence-corrected chi connectivity index (χ1v) is 5.63. The highest BCUT2D eigenvalue weighted by atomic mass is 35.5. The molecule has 3 nitrogen and oxygen atoms in total. The zero-order chi connectivity index (χ0) is 10.3. The molecule has 0 radical (unpaired) electrons. The van der Waals surface area contributed by atoms with Gasteiger partial charge in [0.15, 0.2) is 0 Å².